The maximum Gasteiger partial charge on any atom is 0.131 e. The van der Waals surface area contributed by atoms with E-state index in [1.165, 1.54) is 24.8 Å². The Kier molecular flexibility index (Phi) is 6.99. The Morgan fingerprint density at radius 2 is 1.77 bits per heavy atom. The molecule has 0 aliphatic carbocycles. The maximum atomic E-state index is 6.14. The van der Waals surface area contributed by atoms with E-state index in [2.05, 4.69) is 46.4 Å². The largest absolute Gasteiger partial charge is 0.490 e. The highest BCUT2D eigenvalue weighted by molar-refractivity contribution is 5.64. The molecule has 0 N–H and O–H groups in total. The van der Waals surface area contributed by atoms with Crippen LogP contribution in [0.4, 0.5) is 0 Å². The lowest BCUT2D eigenvalue weighted by atomic mass is 10.0. The van der Waals surface area contributed by atoms with Crippen LogP contribution in [0, 0.1) is 0 Å². The first-order valence-electron chi connectivity index (χ1n) is 8.42. The van der Waals surface area contributed by atoms with E-state index in [-0.39, 0.29) is 11.7 Å². The zero-order valence-electron chi connectivity index (χ0n) is 15.2. The average Bonchev–Trinajstić information content (AvgIpc) is 2.36. The molecule has 0 unspecified atom stereocenters. The lowest BCUT2D eigenvalue weighted by Crippen LogP contribution is -2.23. The first-order chi connectivity index (χ1) is 10.3. The van der Waals surface area contributed by atoms with Crippen LogP contribution in [0.2, 0.25) is 0 Å². The third kappa shape index (κ3) is 6.13. The second-order valence-corrected chi connectivity index (χ2v) is 7.05. The van der Waals surface area contributed by atoms with Gasteiger partial charge in [0.1, 0.15) is 17.1 Å². The monoisotopic (exact) mass is 304 g/mol. The summed E-state index contributed by atoms with van der Waals surface area (Å²) in [4.78, 5) is 0. The highest BCUT2D eigenvalue weighted by atomic mass is 16.5. The summed E-state index contributed by atoms with van der Waals surface area (Å²) in [6.45, 7) is 16.4. The zero-order valence-corrected chi connectivity index (χ0v) is 15.2. The lowest BCUT2D eigenvalue weighted by molar-refractivity contribution is 0.129. The van der Waals surface area contributed by atoms with Crippen LogP contribution in [0.3, 0.4) is 0 Å². The van der Waals surface area contributed by atoms with Crippen LogP contribution in [0.15, 0.2) is 18.7 Å². The molecule has 2 heteroatoms. The van der Waals surface area contributed by atoms with Gasteiger partial charge in [-0.15, -0.1) is 0 Å². The number of unbranched alkanes of at least 4 members (excludes halogenated alkanes) is 2. The smallest absolute Gasteiger partial charge is 0.131 e. The van der Waals surface area contributed by atoms with E-state index < -0.39 is 0 Å². The summed E-state index contributed by atoms with van der Waals surface area (Å²) in [6, 6.07) is 4.29. The highest BCUT2D eigenvalue weighted by Crippen LogP contribution is 2.35. The Morgan fingerprint density at radius 1 is 1.14 bits per heavy atom. The summed E-state index contributed by atoms with van der Waals surface area (Å²) >= 11 is 0. The summed E-state index contributed by atoms with van der Waals surface area (Å²) in [5.74, 6) is 1.74. The van der Waals surface area contributed by atoms with Crippen molar-refractivity contribution in [3.63, 3.8) is 0 Å². The van der Waals surface area contributed by atoms with Crippen molar-refractivity contribution in [3.8, 4) is 11.5 Å². The summed E-state index contributed by atoms with van der Waals surface area (Å²) in [5, 5.41) is 0. The third-order valence-electron chi connectivity index (χ3n) is 3.22. The normalized spacial score (nSPS) is 11.6. The molecule has 0 saturated heterocycles. The molecule has 0 radical (unpaired) electrons. The van der Waals surface area contributed by atoms with Gasteiger partial charge in [-0.2, -0.15) is 0 Å². The Hall–Kier alpha value is -1.44. The van der Waals surface area contributed by atoms with Crippen LogP contribution in [-0.4, -0.2) is 11.7 Å². The van der Waals surface area contributed by atoms with E-state index in [4.69, 9.17) is 9.47 Å². The van der Waals surface area contributed by atoms with Gasteiger partial charge in [-0.25, -0.2) is 0 Å². The second kappa shape index (κ2) is 8.26. The summed E-state index contributed by atoms with van der Waals surface area (Å²) in [6.07, 6.45) is 6.69. The van der Waals surface area contributed by atoms with E-state index in [9.17, 15) is 0 Å². The summed E-state index contributed by atoms with van der Waals surface area (Å²) in [7, 11) is 0. The topological polar surface area (TPSA) is 18.5 Å². The molecule has 0 saturated carbocycles. The minimum absolute atomic E-state index is 0.132. The fraction of sp³-hybridized carbons (Fsp3) is 0.600. The molecule has 1 aromatic rings. The van der Waals surface area contributed by atoms with Crippen LogP contribution in [0.1, 0.15) is 71.9 Å². The molecule has 2 nitrogen and oxygen atoms in total. The molecule has 0 bridgehead atoms. The lowest BCUT2D eigenvalue weighted by Gasteiger charge is -2.25. The van der Waals surface area contributed by atoms with Gasteiger partial charge in [-0.1, -0.05) is 32.4 Å². The number of ether oxygens (including phenoxy) is 2. The van der Waals surface area contributed by atoms with E-state index in [1.54, 1.807) is 0 Å². The van der Waals surface area contributed by atoms with Crippen molar-refractivity contribution in [2.75, 3.05) is 0 Å². The first kappa shape index (κ1) is 18.6. The van der Waals surface area contributed by atoms with Gasteiger partial charge in [0, 0.05) is 0 Å². The predicted octanol–water partition coefficient (Wildman–Crippen LogP) is 6.03. The number of aryl methyl sites for hydroxylation is 1. The fourth-order valence-corrected chi connectivity index (χ4v) is 2.35. The van der Waals surface area contributed by atoms with Gasteiger partial charge < -0.3 is 9.47 Å². The van der Waals surface area contributed by atoms with Crippen molar-refractivity contribution in [1.29, 1.82) is 0 Å². The molecule has 0 aliphatic heterocycles. The van der Waals surface area contributed by atoms with Crippen LogP contribution in [0.5, 0.6) is 11.5 Å². The second-order valence-electron chi connectivity index (χ2n) is 7.05. The average molecular weight is 304 g/mol. The minimum atomic E-state index is -0.241. The van der Waals surface area contributed by atoms with Crippen molar-refractivity contribution in [1.82, 2.24) is 0 Å². The molecule has 0 amide bonds. The van der Waals surface area contributed by atoms with Crippen molar-refractivity contribution >= 4 is 6.08 Å². The Morgan fingerprint density at radius 3 is 2.27 bits per heavy atom. The molecule has 22 heavy (non-hydrogen) atoms. The van der Waals surface area contributed by atoms with Crippen LogP contribution in [0.25, 0.3) is 6.08 Å². The van der Waals surface area contributed by atoms with Gasteiger partial charge in [0.25, 0.3) is 0 Å². The fourth-order valence-electron chi connectivity index (χ4n) is 2.35. The highest BCUT2D eigenvalue weighted by Gasteiger charge is 2.18. The van der Waals surface area contributed by atoms with Crippen molar-refractivity contribution in [2.24, 2.45) is 0 Å². The molecule has 0 aromatic heterocycles. The van der Waals surface area contributed by atoms with Crippen molar-refractivity contribution < 1.29 is 9.47 Å². The standard InChI is InChI=1S/C20H32O2/c1-8-10-11-12-16-13-18(21-15(3)4)17(9-2)19(14-16)22-20(5,6)7/h9,13-15H,2,8,10-12H2,1,3-7H3. The number of hydrogen-bond acceptors (Lipinski definition) is 2. The van der Waals surface area contributed by atoms with Gasteiger partial charge in [0.05, 0.1) is 11.7 Å². The molecule has 1 aromatic carbocycles. The molecular formula is C20H32O2. The van der Waals surface area contributed by atoms with Gasteiger partial charge in [-0.3, -0.25) is 0 Å². The SMILES string of the molecule is C=Cc1c(OC(C)C)cc(CCCCC)cc1OC(C)(C)C. The van der Waals surface area contributed by atoms with Gasteiger partial charge in [0.2, 0.25) is 0 Å². The Balaban J connectivity index is 3.19. The Labute approximate surface area is 136 Å². The molecule has 124 valence electrons. The molecule has 0 fully saturated rings. The van der Waals surface area contributed by atoms with Crippen LogP contribution < -0.4 is 9.47 Å². The van der Waals surface area contributed by atoms with Gasteiger partial charge >= 0.3 is 0 Å². The quantitative estimate of drug-likeness (QED) is 0.546. The maximum absolute atomic E-state index is 6.14. The molecule has 0 heterocycles. The van der Waals surface area contributed by atoms with E-state index in [0.29, 0.717) is 0 Å². The number of rotatable bonds is 8. The molecule has 0 spiro atoms. The summed E-state index contributed by atoms with van der Waals surface area (Å²) < 4.78 is 12.1. The zero-order chi connectivity index (χ0) is 16.8. The van der Waals surface area contributed by atoms with Crippen LogP contribution >= 0.6 is 0 Å². The summed E-state index contributed by atoms with van der Waals surface area (Å²) in [5.41, 5.74) is 1.98. The third-order valence-corrected chi connectivity index (χ3v) is 3.22. The Bertz CT molecular complexity index is 481. The predicted molar refractivity (Wildman–Crippen MR) is 95.9 cm³/mol. The van der Waals surface area contributed by atoms with Gasteiger partial charge in [0.15, 0.2) is 0 Å². The van der Waals surface area contributed by atoms with Crippen molar-refractivity contribution in [2.45, 2.75) is 78.9 Å². The van der Waals surface area contributed by atoms with E-state index in [0.717, 1.165) is 23.5 Å². The molecule has 1 rings (SSSR count). The first-order valence-corrected chi connectivity index (χ1v) is 8.42. The molecular weight excluding hydrogens is 272 g/mol. The molecule has 0 atom stereocenters. The van der Waals surface area contributed by atoms with E-state index >= 15 is 0 Å². The van der Waals surface area contributed by atoms with Gasteiger partial charge in [-0.05, 0) is 65.2 Å². The van der Waals surface area contributed by atoms with Crippen LogP contribution in [-0.2, 0) is 6.42 Å². The molecule has 0 aliphatic rings. The van der Waals surface area contributed by atoms with E-state index in [1.807, 2.05) is 19.9 Å². The minimum Gasteiger partial charge on any atom is -0.490 e. The number of benzene rings is 1. The van der Waals surface area contributed by atoms with Crippen molar-refractivity contribution in [3.05, 3.63) is 29.8 Å². The number of hydrogen-bond donors (Lipinski definition) is 0.